The fourth-order valence-corrected chi connectivity index (χ4v) is 1.73. The van der Waals surface area contributed by atoms with Crippen LogP contribution in [0.2, 0.25) is 5.15 Å². The van der Waals surface area contributed by atoms with Gasteiger partial charge in [0.05, 0.1) is 16.9 Å². The number of carbonyl (C=O) groups excluding carboxylic acids is 1. The molecule has 8 heteroatoms. The molecule has 0 saturated heterocycles. The van der Waals surface area contributed by atoms with Crippen LogP contribution in [0.5, 0.6) is 0 Å². The third-order valence-electron chi connectivity index (χ3n) is 2.62. The molecule has 110 valence electrons. The van der Waals surface area contributed by atoms with Crippen LogP contribution in [0.3, 0.4) is 0 Å². The quantitative estimate of drug-likeness (QED) is 0.860. The summed E-state index contributed by atoms with van der Waals surface area (Å²) in [5, 5.41) is 2.78. The molecular weight excluding hydrogens is 307 g/mol. The van der Waals surface area contributed by atoms with Crippen LogP contribution in [0.25, 0.3) is 0 Å². The first kappa shape index (κ1) is 15.2. The number of carbonyl (C=O) groups is 1. The number of halogens is 4. The van der Waals surface area contributed by atoms with Gasteiger partial charge in [-0.1, -0.05) is 11.6 Å². The number of hydrogen-bond donors (Lipinski definition) is 1. The van der Waals surface area contributed by atoms with Gasteiger partial charge in [-0.3, -0.25) is 9.78 Å². The predicted molar refractivity (Wildman–Crippen MR) is 71.2 cm³/mol. The van der Waals surface area contributed by atoms with E-state index in [-0.39, 0.29) is 10.8 Å². The van der Waals surface area contributed by atoms with E-state index in [9.17, 15) is 18.0 Å². The zero-order chi connectivity index (χ0) is 15.6. The number of pyridine rings is 2. The second-order valence-corrected chi connectivity index (χ2v) is 4.54. The SMILES string of the molecule is Cc1nc(Cl)ccc1NC(=O)c1ccc(C(F)(F)F)cn1. The largest absolute Gasteiger partial charge is 0.417 e. The smallest absolute Gasteiger partial charge is 0.319 e. The maximum atomic E-state index is 12.4. The van der Waals surface area contributed by atoms with Gasteiger partial charge in [-0.15, -0.1) is 0 Å². The second-order valence-electron chi connectivity index (χ2n) is 4.15. The van der Waals surface area contributed by atoms with Gasteiger partial charge in [0.1, 0.15) is 10.8 Å². The molecule has 2 rings (SSSR count). The molecule has 0 aliphatic rings. The van der Waals surface area contributed by atoms with Crippen molar-refractivity contribution in [2.75, 3.05) is 5.32 Å². The minimum absolute atomic E-state index is 0.127. The van der Waals surface area contributed by atoms with Crippen LogP contribution >= 0.6 is 11.6 Å². The van der Waals surface area contributed by atoms with Gasteiger partial charge in [0.15, 0.2) is 0 Å². The Morgan fingerprint density at radius 3 is 2.48 bits per heavy atom. The number of aryl methyl sites for hydroxylation is 1. The van der Waals surface area contributed by atoms with E-state index in [2.05, 4.69) is 15.3 Å². The van der Waals surface area contributed by atoms with Crippen molar-refractivity contribution in [2.45, 2.75) is 13.1 Å². The Kier molecular flexibility index (Phi) is 4.13. The Bertz CT molecular complexity index is 671. The fraction of sp³-hybridized carbons (Fsp3) is 0.154. The van der Waals surface area contributed by atoms with E-state index in [1.165, 1.54) is 6.07 Å². The number of rotatable bonds is 2. The zero-order valence-electron chi connectivity index (χ0n) is 10.7. The van der Waals surface area contributed by atoms with Gasteiger partial charge < -0.3 is 5.32 Å². The van der Waals surface area contributed by atoms with Gasteiger partial charge in [0.2, 0.25) is 0 Å². The van der Waals surface area contributed by atoms with Crippen molar-refractivity contribution >= 4 is 23.2 Å². The van der Waals surface area contributed by atoms with Gasteiger partial charge in [-0.05, 0) is 31.2 Å². The number of alkyl halides is 3. The Hall–Kier alpha value is -2.15. The topological polar surface area (TPSA) is 54.9 Å². The van der Waals surface area contributed by atoms with Crippen molar-refractivity contribution in [3.63, 3.8) is 0 Å². The summed E-state index contributed by atoms with van der Waals surface area (Å²) < 4.78 is 37.2. The molecule has 0 aliphatic carbocycles. The first-order valence-electron chi connectivity index (χ1n) is 5.75. The van der Waals surface area contributed by atoms with Gasteiger partial charge in [-0.2, -0.15) is 13.2 Å². The Morgan fingerprint density at radius 2 is 1.95 bits per heavy atom. The molecule has 0 spiro atoms. The normalized spacial score (nSPS) is 11.3. The molecular formula is C13H9ClF3N3O. The van der Waals surface area contributed by atoms with E-state index in [1.807, 2.05) is 0 Å². The summed E-state index contributed by atoms with van der Waals surface area (Å²) in [7, 11) is 0. The summed E-state index contributed by atoms with van der Waals surface area (Å²) in [6.07, 6.45) is -3.87. The average molecular weight is 316 g/mol. The summed E-state index contributed by atoms with van der Waals surface area (Å²) in [4.78, 5) is 19.4. The third-order valence-corrected chi connectivity index (χ3v) is 2.83. The summed E-state index contributed by atoms with van der Waals surface area (Å²) in [5.74, 6) is -0.629. The molecule has 0 atom stereocenters. The van der Waals surface area contributed by atoms with Gasteiger partial charge in [0, 0.05) is 6.20 Å². The van der Waals surface area contributed by atoms with Crippen molar-refractivity contribution in [1.29, 1.82) is 0 Å². The van der Waals surface area contributed by atoms with Crippen LogP contribution in [-0.4, -0.2) is 15.9 Å². The third kappa shape index (κ3) is 3.69. The van der Waals surface area contributed by atoms with Crippen LogP contribution in [0.15, 0.2) is 30.5 Å². The Morgan fingerprint density at radius 1 is 1.24 bits per heavy atom. The van der Waals surface area contributed by atoms with E-state index in [0.29, 0.717) is 17.6 Å². The number of anilines is 1. The van der Waals surface area contributed by atoms with Crippen molar-refractivity contribution < 1.29 is 18.0 Å². The predicted octanol–water partition coefficient (Wildman–Crippen LogP) is 3.71. The molecule has 0 unspecified atom stereocenters. The summed E-state index contributed by atoms with van der Waals surface area (Å²) in [6.45, 7) is 1.64. The van der Waals surface area contributed by atoms with Crippen LogP contribution in [0, 0.1) is 6.92 Å². The molecule has 0 fully saturated rings. The maximum absolute atomic E-state index is 12.4. The molecule has 2 aromatic rings. The highest BCUT2D eigenvalue weighted by atomic mass is 35.5. The van der Waals surface area contributed by atoms with Crippen molar-refractivity contribution in [3.8, 4) is 0 Å². The van der Waals surface area contributed by atoms with Crippen molar-refractivity contribution in [3.05, 3.63) is 52.6 Å². The Balaban J connectivity index is 2.17. The van der Waals surface area contributed by atoms with E-state index in [4.69, 9.17) is 11.6 Å². The maximum Gasteiger partial charge on any atom is 0.417 e. The minimum atomic E-state index is -4.49. The van der Waals surface area contributed by atoms with E-state index >= 15 is 0 Å². The molecule has 0 saturated carbocycles. The number of aromatic nitrogens is 2. The van der Waals surface area contributed by atoms with Crippen LogP contribution in [0.4, 0.5) is 18.9 Å². The average Bonchev–Trinajstić information content (AvgIpc) is 2.41. The molecule has 0 bridgehead atoms. The highest BCUT2D eigenvalue weighted by Crippen LogP contribution is 2.28. The number of nitrogens with one attached hydrogen (secondary N) is 1. The van der Waals surface area contributed by atoms with Gasteiger partial charge >= 0.3 is 6.18 Å². The molecule has 2 aromatic heterocycles. The molecule has 2 heterocycles. The van der Waals surface area contributed by atoms with E-state index in [0.717, 1.165) is 12.1 Å². The lowest BCUT2D eigenvalue weighted by molar-refractivity contribution is -0.137. The second kappa shape index (κ2) is 5.69. The van der Waals surface area contributed by atoms with E-state index in [1.54, 1.807) is 13.0 Å². The molecule has 21 heavy (non-hydrogen) atoms. The summed E-state index contributed by atoms with van der Waals surface area (Å²) in [5.41, 5.74) is -0.144. The van der Waals surface area contributed by atoms with E-state index < -0.39 is 17.6 Å². The first-order valence-corrected chi connectivity index (χ1v) is 6.13. The summed E-state index contributed by atoms with van der Waals surface area (Å²) in [6, 6.07) is 4.85. The number of amides is 1. The van der Waals surface area contributed by atoms with Crippen molar-refractivity contribution in [1.82, 2.24) is 9.97 Å². The van der Waals surface area contributed by atoms with Crippen LogP contribution in [0.1, 0.15) is 21.7 Å². The minimum Gasteiger partial charge on any atom is -0.319 e. The fourth-order valence-electron chi connectivity index (χ4n) is 1.54. The highest BCUT2D eigenvalue weighted by Gasteiger charge is 2.30. The zero-order valence-corrected chi connectivity index (χ0v) is 11.5. The lowest BCUT2D eigenvalue weighted by atomic mass is 10.2. The molecule has 0 radical (unpaired) electrons. The van der Waals surface area contributed by atoms with Gasteiger partial charge in [0.25, 0.3) is 5.91 Å². The number of nitrogens with zero attached hydrogens (tertiary/aromatic N) is 2. The monoisotopic (exact) mass is 315 g/mol. The lowest BCUT2D eigenvalue weighted by Gasteiger charge is -2.09. The first-order chi connectivity index (χ1) is 9.77. The summed E-state index contributed by atoms with van der Waals surface area (Å²) >= 11 is 5.69. The standard InChI is InChI=1S/C13H9ClF3N3O/c1-7-9(4-5-11(14)19-7)20-12(21)10-3-2-8(6-18-10)13(15,16)17/h2-6H,1H3,(H,20,21). The highest BCUT2D eigenvalue weighted by molar-refractivity contribution is 6.29. The Labute approximate surface area is 123 Å². The lowest BCUT2D eigenvalue weighted by Crippen LogP contribution is -2.15. The molecule has 4 nitrogen and oxygen atoms in total. The van der Waals surface area contributed by atoms with Crippen LogP contribution < -0.4 is 5.32 Å². The number of hydrogen-bond acceptors (Lipinski definition) is 3. The molecule has 1 N–H and O–H groups in total. The van der Waals surface area contributed by atoms with Crippen LogP contribution in [-0.2, 0) is 6.18 Å². The molecule has 0 aliphatic heterocycles. The molecule has 0 aromatic carbocycles. The van der Waals surface area contributed by atoms with Crippen molar-refractivity contribution in [2.24, 2.45) is 0 Å². The molecule has 1 amide bonds. The van der Waals surface area contributed by atoms with Gasteiger partial charge in [-0.25, -0.2) is 4.98 Å².